The van der Waals surface area contributed by atoms with Gasteiger partial charge >= 0.3 is 0 Å². The highest BCUT2D eigenvalue weighted by Crippen LogP contribution is 2.39. The minimum absolute atomic E-state index is 0.273. The maximum atomic E-state index is 9.56. The van der Waals surface area contributed by atoms with E-state index in [9.17, 15) is 5.11 Å². The first-order valence-electron chi connectivity index (χ1n) is 12.6. The van der Waals surface area contributed by atoms with Gasteiger partial charge < -0.3 is 10.8 Å². The molecule has 6 rings (SSSR count). The molecule has 35 heavy (non-hydrogen) atoms. The van der Waals surface area contributed by atoms with Crippen LogP contribution in [0.25, 0.3) is 33.3 Å². The lowest BCUT2D eigenvalue weighted by Crippen LogP contribution is -2.17. The first-order valence-corrected chi connectivity index (χ1v) is 12.6. The van der Waals surface area contributed by atoms with Crippen LogP contribution in [0.3, 0.4) is 0 Å². The summed E-state index contributed by atoms with van der Waals surface area (Å²) in [5, 5.41) is 10.7. The van der Waals surface area contributed by atoms with E-state index in [-0.39, 0.29) is 6.61 Å². The maximum Gasteiger partial charge on any atom is 0.150 e. The second-order valence-electron chi connectivity index (χ2n) is 9.95. The summed E-state index contributed by atoms with van der Waals surface area (Å²) in [6, 6.07) is 8.59. The zero-order valence-corrected chi connectivity index (χ0v) is 20.1. The molecule has 4 aromatic rings. The fraction of sp³-hybridized carbons (Fsp3) is 0.345. The third-order valence-electron chi connectivity index (χ3n) is 7.66. The van der Waals surface area contributed by atoms with Crippen molar-refractivity contribution in [3.8, 4) is 11.3 Å². The Kier molecular flexibility index (Phi) is 5.61. The predicted molar refractivity (Wildman–Crippen MR) is 141 cm³/mol. The zero-order valence-electron chi connectivity index (χ0n) is 20.1. The van der Waals surface area contributed by atoms with Crippen LogP contribution < -0.4 is 5.73 Å². The van der Waals surface area contributed by atoms with E-state index in [4.69, 9.17) is 15.7 Å². The number of nitrogens with two attached hydrogens (primary N) is 1. The van der Waals surface area contributed by atoms with Gasteiger partial charge in [0.1, 0.15) is 22.9 Å². The number of aliphatic hydroxyl groups excluding tert-OH is 1. The summed E-state index contributed by atoms with van der Waals surface area (Å²) in [6.45, 7) is 2.42. The molecule has 3 heterocycles. The Labute approximate surface area is 205 Å². The summed E-state index contributed by atoms with van der Waals surface area (Å²) < 4.78 is 2.12. The number of aromatic nitrogens is 4. The van der Waals surface area contributed by atoms with Gasteiger partial charge in [-0.15, -0.1) is 0 Å². The number of hydrogen-bond donors (Lipinski definition) is 2. The molecule has 1 aromatic carbocycles. The van der Waals surface area contributed by atoms with Crippen molar-refractivity contribution in [1.29, 1.82) is 0 Å². The normalized spacial score (nSPS) is 20.5. The number of benzene rings is 1. The second kappa shape index (κ2) is 8.93. The summed E-state index contributed by atoms with van der Waals surface area (Å²) >= 11 is 0. The highest BCUT2D eigenvalue weighted by molar-refractivity contribution is 5.92. The third kappa shape index (κ3) is 3.92. The van der Waals surface area contributed by atoms with E-state index in [0.29, 0.717) is 17.7 Å². The molecule has 0 bridgehead atoms. The first kappa shape index (κ1) is 22.0. The van der Waals surface area contributed by atoms with Crippen LogP contribution in [0.15, 0.2) is 54.9 Å². The topological polar surface area (TPSA) is 89.3 Å². The SMILES string of the molecule is Cc1cc(C2=CCCC=C2)nc2cc(-c3nc([C@H]4CC[C@H](CO)CC4)n4ccnc(N)c34)ccc12. The van der Waals surface area contributed by atoms with Gasteiger partial charge in [-0.3, -0.25) is 4.40 Å². The van der Waals surface area contributed by atoms with E-state index >= 15 is 0 Å². The summed E-state index contributed by atoms with van der Waals surface area (Å²) in [5.41, 5.74) is 13.5. The fourth-order valence-electron chi connectivity index (χ4n) is 5.68. The molecular weight excluding hydrogens is 434 g/mol. The van der Waals surface area contributed by atoms with Crippen LogP contribution in [0.4, 0.5) is 5.82 Å². The molecule has 1 saturated carbocycles. The molecule has 0 saturated heterocycles. The molecule has 178 valence electrons. The van der Waals surface area contributed by atoms with Crippen molar-refractivity contribution in [3.05, 3.63) is 72.0 Å². The lowest BCUT2D eigenvalue weighted by atomic mass is 9.82. The second-order valence-corrected chi connectivity index (χ2v) is 9.95. The molecule has 0 atom stereocenters. The largest absolute Gasteiger partial charge is 0.396 e. The van der Waals surface area contributed by atoms with Crippen LogP contribution in [0.1, 0.15) is 61.5 Å². The standard InChI is InChI=1S/C29H31N5O/c1-18-15-24(20-5-3-2-4-6-20)32-25-16-22(11-12-23(18)25)26-27-28(30)31-13-14-34(27)29(33-26)21-9-7-19(17-35)8-10-21/h3,5-6,11-16,19,21,35H,2,4,7-10,17H2,1H3,(H2,30,31)/t19-,21-. The zero-order chi connectivity index (χ0) is 23.9. The average molecular weight is 466 g/mol. The number of aryl methyl sites for hydroxylation is 1. The quantitative estimate of drug-likeness (QED) is 0.395. The smallest absolute Gasteiger partial charge is 0.150 e. The minimum atomic E-state index is 0.273. The molecule has 6 nitrogen and oxygen atoms in total. The third-order valence-corrected chi connectivity index (χ3v) is 7.66. The first-order chi connectivity index (χ1) is 17.1. The van der Waals surface area contributed by atoms with Crippen molar-refractivity contribution in [2.75, 3.05) is 12.3 Å². The number of nitrogen functional groups attached to an aromatic ring is 1. The number of pyridine rings is 1. The van der Waals surface area contributed by atoms with Gasteiger partial charge in [0.25, 0.3) is 0 Å². The number of fused-ring (bicyclic) bond motifs is 2. The van der Waals surface area contributed by atoms with Gasteiger partial charge in [-0.1, -0.05) is 30.4 Å². The number of nitrogens with zero attached hydrogens (tertiary/aromatic N) is 4. The maximum absolute atomic E-state index is 9.56. The molecule has 0 spiro atoms. The minimum Gasteiger partial charge on any atom is -0.396 e. The van der Waals surface area contributed by atoms with Crippen LogP contribution in [0.2, 0.25) is 0 Å². The van der Waals surface area contributed by atoms with Crippen molar-refractivity contribution in [2.24, 2.45) is 5.92 Å². The molecule has 3 N–H and O–H groups in total. The summed E-state index contributed by atoms with van der Waals surface area (Å²) in [4.78, 5) is 14.6. The summed E-state index contributed by atoms with van der Waals surface area (Å²) in [7, 11) is 0. The van der Waals surface area contributed by atoms with E-state index in [1.807, 2.05) is 6.20 Å². The van der Waals surface area contributed by atoms with Crippen molar-refractivity contribution < 1.29 is 5.11 Å². The Morgan fingerprint density at radius 2 is 1.94 bits per heavy atom. The van der Waals surface area contributed by atoms with Crippen molar-refractivity contribution >= 4 is 27.8 Å². The van der Waals surface area contributed by atoms with Gasteiger partial charge in [0.15, 0.2) is 0 Å². The van der Waals surface area contributed by atoms with Crippen LogP contribution in [-0.4, -0.2) is 31.1 Å². The highest BCUT2D eigenvalue weighted by Gasteiger charge is 2.27. The molecule has 0 radical (unpaired) electrons. The average Bonchev–Trinajstić information content (AvgIpc) is 3.30. The van der Waals surface area contributed by atoms with Gasteiger partial charge in [0.05, 0.1) is 11.2 Å². The molecule has 0 aliphatic heterocycles. The van der Waals surface area contributed by atoms with Gasteiger partial charge in [-0.05, 0) is 74.6 Å². The lowest BCUT2D eigenvalue weighted by Gasteiger charge is -2.26. The molecule has 1 fully saturated rings. The molecule has 0 unspecified atom stereocenters. The number of aliphatic hydroxyl groups is 1. The Morgan fingerprint density at radius 1 is 1.09 bits per heavy atom. The highest BCUT2D eigenvalue weighted by atomic mass is 16.3. The van der Waals surface area contributed by atoms with Gasteiger partial charge in [0, 0.05) is 35.9 Å². The van der Waals surface area contributed by atoms with Crippen LogP contribution in [-0.2, 0) is 0 Å². The number of imidazole rings is 1. The monoisotopic (exact) mass is 465 g/mol. The van der Waals surface area contributed by atoms with E-state index in [2.05, 4.69) is 58.8 Å². The fourth-order valence-corrected chi connectivity index (χ4v) is 5.68. The van der Waals surface area contributed by atoms with Gasteiger partial charge in [-0.2, -0.15) is 0 Å². The lowest BCUT2D eigenvalue weighted by molar-refractivity contribution is 0.181. The van der Waals surface area contributed by atoms with Crippen LogP contribution in [0.5, 0.6) is 0 Å². The summed E-state index contributed by atoms with van der Waals surface area (Å²) in [5.74, 6) is 2.27. The number of hydrogen-bond acceptors (Lipinski definition) is 5. The molecule has 0 amide bonds. The van der Waals surface area contributed by atoms with E-state index in [1.54, 1.807) is 6.20 Å². The van der Waals surface area contributed by atoms with Crippen molar-refractivity contribution in [2.45, 2.75) is 51.4 Å². The van der Waals surface area contributed by atoms with Crippen LogP contribution >= 0.6 is 0 Å². The number of allylic oxidation sites excluding steroid dienone is 4. The molecule has 3 aromatic heterocycles. The Balaban J connectivity index is 1.47. The predicted octanol–water partition coefficient (Wildman–Crippen LogP) is 5.83. The van der Waals surface area contributed by atoms with Crippen LogP contribution in [0, 0.1) is 12.8 Å². The van der Waals surface area contributed by atoms with Gasteiger partial charge in [-0.25, -0.2) is 15.0 Å². The van der Waals surface area contributed by atoms with E-state index < -0.39 is 0 Å². The van der Waals surface area contributed by atoms with E-state index in [0.717, 1.165) is 77.7 Å². The Morgan fingerprint density at radius 3 is 2.71 bits per heavy atom. The molecular formula is C29H31N5O. The molecule has 6 heteroatoms. The Bertz CT molecular complexity index is 1470. The van der Waals surface area contributed by atoms with Gasteiger partial charge in [0.2, 0.25) is 0 Å². The number of rotatable bonds is 4. The van der Waals surface area contributed by atoms with Crippen molar-refractivity contribution in [3.63, 3.8) is 0 Å². The molecule has 2 aliphatic carbocycles. The van der Waals surface area contributed by atoms with E-state index in [1.165, 1.54) is 11.1 Å². The van der Waals surface area contributed by atoms with Crippen molar-refractivity contribution in [1.82, 2.24) is 19.4 Å². The molecule has 2 aliphatic rings. The number of anilines is 1. The Hall–Kier alpha value is -3.51. The summed E-state index contributed by atoms with van der Waals surface area (Å²) in [6.07, 6.45) is 16.6.